The van der Waals surface area contributed by atoms with Gasteiger partial charge in [-0.2, -0.15) is 5.26 Å². The molecule has 2 heterocycles. The summed E-state index contributed by atoms with van der Waals surface area (Å²) in [6.07, 6.45) is 1.76. The van der Waals surface area contributed by atoms with E-state index >= 15 is 0 Å². The molecule has 1 fully saturated rings. The number of hydrogen-bond donors (Lipinski definition) is 0. The summed E-state index contributed by atoms with van der Waals surface area (Å²) in [7, 11) is 0. The van der Waals surface area contributed by atoms with Crippen LogP contribution in [0.1, 0.15) is 28.1 Å². The largest absolute Gasteiger partial charge is 0.318 e. The highest BCUT2D eigenvalue weighted by atomic mass is 35.5. The molecular formula is C24H18ClN3O2S. The average molecular weight is 448 g/mol. The topological polar surface area (TPSA) is 66.1 Å². The number of benzene rings is 2. The summed E-state index contributed by atoms with van der Waals surface area (Å²) in [4.78, 5) is 27.0. The molecule has 0 aliphatic carbocycles. The molecule has 0 bridgehead atoms. The van der Waals surface area contributed by atoms with Gasteiger partial charge in [-0.1, -0.05) is 29.8 Å². The van der Waals surface area contributed by atoms with Crippen LogP contribution in [0.2, 0.25) is 5.02 Å². The number of aromatic nitrogens is 1. The van der Waals surface area contributed by atoms with Crippen LogP contribution in [0, 0.1) is 25.2 Å². The molecule has 1 aliphatic rings. The monoisotopic (exact) mass is 447 g/mol. The van der Waals surface area contributed by atoms with Gasteiger partial charge in [0.1, 0.15) is 0 Å². The van der Waals surface area contributed by atoms with Crippen molar-refractivity contribution in [3.8, 4) is 11.8 Å². The molecule has 31 heavy (non-hydrogen) atoms. The third-order valence-corrected chi connectivity index (χ3v) is 6.34. The van der Waals surface area contributed by atoms with Crippen molar-refractivity contribution in [2.24, 2.45) is 0 Å². The standard InChI is InChI=1S/C24H18ClN3O2S/c1-15-11-19(16(2)28(15)21-9-7-20(25)8-10-21)12-22-23(29)27(24(30)31-22)14-18-6-4-3-5-17(18)13-26/h3-12H,14H2,1-2H3/b22-12+. The van der Waals surface area contributed by atoms with Crippen molar-refractivity contribution in [2.45, 2.75) is 20.4 Å². The minimum Gasteiger partial charge on any atom is -0.318 e. The Morgan fingerprint density at radius 2 is 1.81 bits per heavy atom. The van der Waals surface area contributed by atoms with Gasteiger partial charge in [-0.3, -0.25) is 14.5 Å². The first-order chi connectivity index (χ1) is 14.9. The first-order valence-electron chi connectivity index (χ1n) is 9.57. The zero-order chi connectivity index (χ0) is 22.1. The van der Waals surface area contributed by atoms with E-state index in [4.69, 9.17) is 11.6 Å². The number of rotatable bonds is 4. The van der Waals surface area contributed by atoms with Gasteiger partial charge in [-0.05, 0) is 79.2 Å². The Morgan fingerprint density at radius 3 is 2.52 bits per heavy atom. The maximum atomic E-state index is 12.9. The summed E-state index contributed by atoms with van der Waals surface area (Å²) in [5.41, 5.74) is 4.91. The van der Waals surface area contributed by atoms with Gasteiger partial charge in [-0.15, -0.1) is 0 Å². The van der Waals surface area contributed by atoms with E-state index in [1.807, 2.05) is 44.2 Å². The second-order valence-electron chi connectivity index (χ2n) is 7.18. The molecule has 1 aliphatic heterocycles. The maximum Gasteiger partial charge on any atom is 0.293 e. The van der Waals surface area contributed by atoms with Crippen LogP contribution in [-0.2, 0) is 11.3 Å². The van der Waals surface area contributed by atoms with Crippen molar-refractivity contribution >= 4 is 40.6 Å². The Morgan fingerprint density at radius 1 is 1.10 bits per heavy atom. The zero-order valence-corrected chi connectivity index (χ0v) is 18.5. The fourth-order valence-corrected chi connectivity index (χ4v) is 4.59. The molecule has 5 nitrogen and oxygen atoms in total. The highest BCUT2D eigenvalue weighted by Gasteiger charge is 2.35. The first-order valence-corrected chi connectivity index (χ1v) is 10.8. The van der Waals surface area contributed by atoms with E-state index in [1.165, 1.54) is 4.90 Å². The predicted molar refractivity (Wildman–Crippen MR) is 123 cm³/mol. The molecule has 7 heteroatoms. The summed E-state index contributed by atoms with van der Waals surface area (Å²) in [6, 6.07) is 18.6. The molecule has 1 saturated heterocycles. The lowest BCUT2D eigenvalue weighted by atomic mass is 10.1. The number of imide groups is 1. The average Bonchev–Trinajstić information content (AvgIpc) is 3.18. The Hall–Kier alpha value is -3.27. The van der Waals surface area contributed by atoms with Crippen LogP contribution in [0.5, 0.6) is 0 Å². The summed E-state index contributed by atoms with van der Waals surface area (Å²) in [6.45, 7) is 4.04. The third kappa shape index (κ3) is 4.02. The highest BCUT2D eigenvalue weighted by molar-refractivity contribution is 8.18. The van der Waals surface area contributed by atoms with Crippen LogP contribution in [0.4, 0.5) is 4.79 Å². The van der Waals surface area contributed by atoms with Crippen LogP contribution >= 0.6 is 23.4 Å². The van der Waals surface area contributed by atoms with Gasteiger partial charge >= 0.3 is 0 Å². The van der Waals surface area contributed by atoms with Gasteiger partial charge in [0.05, 0.1) is 23.1 Å². The van der Waals surface area contributed by atoms with E-state index in [0.717, 1.165) is 34.4 Å². The number of thioether (sulfide) groups is 1. The molecule has 0 unspecified atom stereocenters. The second kappa shape index (κ2) is 8.46. The van der Waals surface area contributed by atoms with Gasteiger partial charge in [0, 0.05) is 22.1 Å². The molecule has 1 aromatic heterocycles. The first kappa shape index (κ1) is 21.0. The summed E-state index contributed by atoms with van der Waals surface area (Å²) >= 11 is 6.92. The van der Waals surface area contributed by atoms with Crippen molar-refractivity contribution in [3.63, 3.8) is 0 Å². The number of carbonyl (C=O) groups is 2. The third-order valence-electron chi connectivity index (χ3n) is 5.18. The van der Waals surface area contributed by atoms with E-state index < -0.39 is 0 Å². The minimum atomic E-state index is -0.348. The molecule has 0 N–H and O–H groups in total. The molecule has 0 spiro atoms. The predicted octanol–water partition coefficient (Wildman–Crippen LogP) is 5.86. The smallest absolute Gasteiger partial charge is 0.293 e. The quantitative estimate of drug-likeness (QED) is 0.470. The van der Waals surface area contributed by atoms with E-state index in [-0.39, 0.29) is 17.7 Å². The fraction of sp³-hybridized carbons (Fsp3) is 0.125. The summed E-state index contributed by atoms with van der Waals surface area (Å²) in [5, 5.41) is 9.60. The van der Waals surface area contributed by atoms with Crippen molar-refractivity contribution in [1.29, 1.82) is 5.26 Å². The summed E-state index contributed by atoms with van der Waals surface area (Å²) in [5.74, 6) is -0.348. The molecule has 0 radical (unpaired) electrons. The second-order valence-corrected chi connectivity index (χ2v) is 8.60. The molecule has 2 aromatic carbocycles. The molecule has 154 valence electrons. The molecule has 0 atom stereocenters. The lowest BCUT2D eigenvalue weighted by Crippen LogP contribution is -2.27. The highest BCUT2D eigenvalue weighted by Crippen LogP contribution is 2.35. The van der Waals surface area contributed by atoms with Gasteiger partial charge in [0.2, 0.25) is 0 Å². The van der Waals surface area contributed by atoms with Crippen molar-refractivity contribution in [2.75, 3.05) is 0 Å². The van der Waals surface area contributed by atoms with Crippen LogP contribution < -0.4 is 0 Å². The SMILES string of the molecule is Cc1cc(/C=C2/SC(=O)N(Cc3ccccc3C#N)C2=O)c(C)n1-c1ccc(Cl)cc1. The van der Waals surface area contributed by atoms with Crippen LogP contribution in [0.3, 0.4) is 0 Å². The van der Waals surface area contributed by atoms with Gasteiger partial charge in [0.15, 0.2) is 0 Å². The number of carbonyl (C=O) groups excluding carboxylic acids is 2. The van der Waals surface area contributed by atoms with Crippen LogP contribution in [0.25, 0.3) is 11.8 Å². The Bertz CT molecular complexity index is 1270. The summed E-state index contributed by atoms with van der Waals surface area (Å²) < 4.78 is 2.08. The van der Waals surface area contributed by atoms with Gasteiger partial charge in [0.25, 0.3) is 11.1 Å². The Kier molecular flexibility index (Phi) is 5.73. The molecule has 4 rings (SSSR count). The molecular weight excluding hydrogens is 430 g/mol. The van der Waals surface area contributed by atoms with E-state index in [9.17, 15) is 14.9 Å². The lowest BCUT2D eigenvalue weighted by molar-refractivity contribution is -0.123. The van der Waals surface area contributed by atoms with Gasteiger partial charge < -0.3 is 4.57 Å². The molecule has 2 amide bonds. The number of amides is 2. The van der Waals surface area contributed by atoms with Crippen LogP contribution in [0.15, 0.2) is 59.5 Å². The number of aryl methyl sites for hydroxylation is 1. The number of halogens is 1. The minimum absolute atomic E-state index is 0.0789. The van der Waals surface area contributed by atoms with Gasteiger partial charge in [-0.25, -0.2) is 0 Å². The van der Waals surface area contributed by atoms with E-state index in [2.05, 4.69) is 10.6 Å². The number of nitriles is 1. The molecule has 0 saturated carbocycles. The normalized spacial score (nSPS) is 15.0. The molecule has 3 aromatic rings. The van der Waals surface area contributed by atoms with Crippen molar-refractivity contribution in [3.05, 3.63) is 92.6 Å². The Balaban J connectivity index is 1.64. The van der Waals surface area contributed by atoms with Crippen molar-refractivity contribution < 1.29 is 9.59 Å². The van der Waals surface area contributed by atoms with E-state index in [1.54, 1.807) is 30.3 Å². The Labute approximate surface area is 189 Å². The fourth-order valence-electron chi connectivity index (χ4n) is 3.64. The zero-order valence-electron chi connectivity index (χ0n) is 16.9. The van der Waals surface area contributed by atoms with Crippen molar-refractivity contribution in [1.82, 2.24) is 9.47 Å². The van der Waals surface area contributed by atoms with Crippen LogP contribution in [-0.4, -0.2) is 20.6 Å². The van der Waals surface area contributed by atoms with E-state index in [0.29, 0.717) is 21.1 Å². The number of hydrogen-bond acceptors (Lipinski definition) is 4. The lowest BCUT2D eigenvalue weighted by Gasteiger charge is -2.13. The maximum absolute atomic E-state index is 12.9. The number of nitrogens with zero attached hydrogens (tertiary/aromatic N) is 3.